The zero-order chi connectivity index (χ0) is 23.3. The average molecular weight is 455 g/mol. The Labute approximate surface area is 195 Å². The van der Waals surface area contributed by atoms with Crippen molar-refractivity contribution in [3.63, 3.8) is 0 Å². The molecule has 6 nitrogen and oxygen atoms in total. The Kier molecular flexibility index (Phi) is 8.21. The van der Waals surface area contributed by atoms with Gasteiger partial charge in [-0.05, 0) is 46.4 Å². The van der Waals surface area contributed by atoms with Crippen LogP contribution in [0.5, 0.6) is 0 Å². The fourth-order valence-corrected chi connectivity index (χ4v) is 4.79. The standard InChI is InChI=1S/C25H34N4O2S/c1-6-8-14-32-15-9-19-20(24(30)27-21(19)7-2)16-22-17(3)23(18(4)26-22)25(31)29-12-10-28(5)11-13-29/h6-9,16,26H,10-15H2,1-5H3,(H,27,30)/b8-6+,19-9-,20-16-,21-7+. The lowest BCUT2D eigenvalue weighted by atomic mass is 10.0. The molecule has 7 heteroatoms. The van der Waals surface area contributed by atoms with Crippen LogP contribution in [0, 0.1) is 13.8 Å². The van der Waals surface area contributed by atoms with E-state index < -0.39 is 0 Å². The SMILES string of the molecule is C/C=C/CSC/C=C1C(=C/c2[nH]c(C)c(C(=O)N3CCN(C)CC3)c2C)/C(=O)NC/1=C/C. The molecule has 1 aromatic rings. The molecule has 0 saturated carbocycles. The number of thioether (sulfide) groups is 1. The predicted molar refractivity (Wildman–Crippen MR) is 134 cm³/mol. The Morgan fingerprint density at radius 3 is 2.47 bits per heavy atom. The monoisotopic (exact) mass is 454 g/mol. The number of H-pyrrole nitrogens is 1. The highest BCUT2D eigenvalue weighted by atomic mass is 32.2. The fourth-order valence-electron chi connectivity index (χ4n) is 4.04. The van der Waals surface area contributed by atoms with E-state index in [1.54, 1.807) is 11.8 Å². The lowest BCUT2D eigenvalue weighted by molar-refractivity contribution is -0.115. The second-order valence-corrected chi connectivity index (χ2v) is 9.27. The summed E-state index contributed by atoms with van der Waals surface area (Å²) in [6.07, 6.45) is 10.1. The highest BCUT2D eigenvalue weighted by Crippen LogP contribution is 2.30. The van der Waals surface area contributed by atoms with E-state index in [1.165, 1.54) is 0 Å². The van der Waals surface area contributed by atoms with E-state index in [1.807, 2.05) is 50.8 Å². The van der Waals surface area contributed by atoms with Crippen LogP contribution in [0.1, 0.15) is 41.2 Å². The van der Waals surface area contributed by atoms with Gasteiger partial charge in [-0.3, -0.25) is 9.59 Å². The molecule has 0 radical (unpaired) electrons. The number of allylic oxidation sites excluding steroid dienone is 3. The molecule has 2 fully saturated rings. The minimum Gasteiger partial charge on any atom is -0.358 e. The molecule has 0 unspecified atom stereocenters. The molecule has 172 valence electrons. The van der Waals surface area contributed by atoms with Crippen molar-refractivity contribution in [1.82, 2.24) is 20.1 Å². The van der Waals surface area contributed by atoms with Gasteiger partial charge in [-0.1, -0.05) is 24.3 Å². The van der Waals surface area contributed by atoms with E-state index in [-0.39, 0.29) is 11.8 Å². The molecule has 0 spiro atoms. The van der Waals surface area contributed by atoms with Crippen LogP contribution >= 0.6 is 11.8 Å². The van der Waals surface area contributed by atoms with Crippen molar-refractivity contribution in [2.45, 2.75) is 27.7 Å². The van der Waals surface area contributed by atoms with E-state index in [2.05, 4.69) is 34.4 Å². The van der Waals surface area contributed by atoms with Gasteiger partial charge in [-0.25, -0.2) is 0 Å². The first kappa shape index (κ1) is 24.1. The zero-order valence-electron chi connectivity index (χ0n) is 19.7. The van der Waals surface area contributed by atoms with E-state index in [0.29, 0.717) is 5.57 Å². The fraction of sp³-hybridized carbons (Fsp3) is 0.440. The number of aromatic nitrogens is 1. The van der Waals surface area contributed by atoms with Crippen LogP contribution < -0.4 is 5.32 Å². The number of nitrogens with zero attached hydrogens (tertiary/aromatic N) is 2. The number of amides is 2. The Morgan fingerprint density at radius 2 is 1.81 bits per heavy atom. The molecule has 0 bridgehead atoms. The maximum atomic E-state index is 13.2. The highest BCUT2D eigenvalue weighted by Gasteiger charge is 2.29. The van der Waals surface area contributed by atoms with Crippen LogP contribution in [0.2, 0.25) is 0 Å². The Hall–Kier alpha value is -2.51. The third-order valence-electron chi connectivity index (χ3n) is 5.99. The van der Waals surface area contributed by atoms with Crippen molar-refractivity contribution in [1.29, 1.82) is 0 Å². The van der Waals surface area contributed by atoms with Crippen LogP contribution in [-0.4, -0.2) is 71.3 Å². The van der Waals surface area contributed by atoms with Crippen molar-refractivity contribution in [2.24, 2.45) is 0 Å². The number of carbonyl (C=O) groups is 2. The first-order valence-electron chi connectivity index (χ1n) is 11.1. The van der Waals surface area contributed by atoms with Gasteiger partial charge in [-0.2, -0.15) is 11.8 Å². The van der Waals surface area contributed by atoms with Crippen LogP contribution in [0.3, 0.4) is 0 Å². The maximum absolute atomic E-state index is 13.2. The molecule has 1 aromatic heterocycles. The summed E-state index contributed by atoms with van der Waals surface area (Å²) in [5.74, 6) is 1.72. The number of hydrogen-bond donors (Lipinski definition) is 2. The normalized spacial score (nSPS) is 21.5. The molecule has 0 aromatic carbocycles. The number of hydrogen-bond acceptors (Lipinski definition) is 4. The quantitative estimate of drug-likeness (QED) is 0.391. The Balaban J connectivity index is 1.89. The summed E-state index contributed by atoms with van der Waals surface area (Å²) in [6.45, 7) is 11.1. The van der Waals surface area contributed by atoms with E-state index in [4.69, 9.17) is 0 Å². The van der Waals surface area contributed by atoms with Crippen molar-refractivity contribution in [3.8, 4) is 0 Å². The second kappa shape index (κ2) is 10.9. The lowest BCUT2D eigenvalue weighted by Crippen LogP contribution is -2.47. The van der Waals surface area contributed by atoms with Gasteiger partial charge in [0.2, 0.25) is 0 Å². The molecule has 2 amide bonds. The van der Waals surface area contributed by atoms with Crippen molar-refractivity contribution in [3.05, 3.63) is 63.7 Å². The molecule has 0 atom stereocenters. The molecule has 3 heterocycles. The van der Waals surface area contributed by atoms with Crippen LogP contribution in [0.4, 0.5) is 0 Å². The van der Waals surface area contributed by atoms with Gasteiger partial charge in [0, 0.05) is 60.3 Å². The van der Waals surface area contributed by atoms with Gasteiger partial charge in [0.25, 0.3) is 11.8 Å². The molecule has 0 aliphatic carbocycles. The van der Waals surface area contributed by atoms with E-state index >= 15 is 0 Å². The average Bonchev–Trinajstić information content (AvgIpc) is 3.23. The molecule has 32 heavy (non-hydrogen) atoms. The molecule has 3 rings (SSSR count). The summed E-state index contributed by atoms with van der Waals surface area (Å²) < 4.78 is 0. The highest BCUT2D eigenvalue weighted by molar-refractivity contribution is 7.99. The van der Waals surface area contributed by atoms with Gasteiger partial charge in [0.05, 0.1) is 11.1 Å². The lowest BCUT2D eigenvalue weighted by Gasteiger charge is -2.32. The first-order chi connectivity index (χ1) is 15.4. The first-order valence-corrected chi connectivity index (χ1v) is 12.3. The summed E-state index contributed by atoms with van der Waals surface area (Å²) >= 11 is 1.80. The maximum Gasteiger partial charge on any atom is 0.256 e. The summed E-state index contributed by atoms with van der Waals surface area (Å²) in [5, 5.41) is 2.96. The van der Waals surface area contributed by atoms with Crippen LogP contribution in [0.15, 0.2) is 41.1 Å². The molecular formula is C25H34N4O2S. The van der Waals surface area contributed by atoms with Crippen molar-refractivity contribution in [2.75, 3.05) is 44.7 Å². The predicted octanol–water partition coefficient (Wildman–Crippen LogP) is 3.67. The van der Waals surface area contributed by atoms with Crippen LogP contribution in [-0.2, 0) is 4.79 Å². The number of piperazine rings is 1. The number of rotatable bonds is 6. The Morgan fingerprint density at radius 1 is 1.09 bits per heavy atom. The van der Waals surface area contributed by atoms with Gasteiger partial charge >= 0.3 is 0 Å². The molecular weight excluding hydrogens is 420 g/mol. The largest absolute Gasteiger partial charge is 0.358 e. The Bertz CT molecular complexity index is 992. The second-order valence-electron chi connectivity index (χ2n) is 8.20. The third kappa shape index (κ3) is 5.27. The minimum atomic E-state index is -0.110. The van der Waals surface area contributed by atoms with Crippen molar-refractivity contribution < 1.29 is 9.59 Å². The molecule has 2 aliphatic heterocycles. The van der Waals surface area contributed by atoms with Gasteiger partial charge in [-0.15, -0.1) is 0 Å². The van der Waals surface area contributed by atoms with Gasteiger partial charge in [0.15, 0.2) is 0 Å². The topological polar surface area (TPSA) is 68.4 Å². The number of carbonyl (C=O) groups excluding carboxylic acids is 2. The number of aryl methyl sites for hydroxylation is 1. The van der Waals surface area contributed by atoms with Crippen LogP contribution in [0.25, 0.3) is 6.08 Å². The summed E-state index contributed by atoms with van der Waals surface area (Å²) in [6, 6.07) is 0. The number of aromatic amines is 1. The van der Waals surface area contributed by atoms with Gasteiger partial charge in [0.1, 0.15) is 0 Å². The van der Waals surface area contributed by atoms with E-state index in [0.717, 1.165) is 71.5 Å². The molecule has 2 aliphatic rings. The van der Waals surface area contributed by atoms with Crippen molar-refractivity contribution >= 4 is 29.7 Å². The third-order valence-corrected chi connectivity index (χ3v) is 6.82. The molecule has 2 saturated heterocycles. The number of likely N-dealkylation sites (N-methyl/N-ethyl adjacent to an activating group) is 1. The number of nitrogens with one attached hydrogen (secondary N) is 2. The summed E-state index contributed by atoms with van der Waals surface area (Å²) in [5.41, 5.74) is 5.66. The van der Waals surface area contributed by atoms with E-state index in [9.17, 15) is 9.59 Å². The summed E-state index contributed by atoms with van der Waals surface area (Å²) in [7, 11) is 2.08. The van der Waals surface area contributed by atoms with Gasteiger partial charge < -0.3 is 20.1 Å². The smallest absolute Gasteiger partial charge is 0.256 e. The summed E-state index contributed by atoms with van der Waals surface area (Å²) in [4.78, 5) is 33.5. The minimum absolute atomic E-state index is 0.0650. The molecule has 2 N–H and O–H groups in total. The zero-order valence-corrected chi connectivity index (χ0v) is 20.6.